The molecule has 3 aromatic rings. The summed E-state index contributed by atoms with van der Waals surface area (Å²) >= 11 is 0. The van der Waals surface area contributed by atoms with Crippen LogP contribution in [0.2, 0.25) is 0 Å². The molecule has 0 atom stereocenters. The van der Waals surface area contributed by atoms with Gasteiger partial charge in [0.25, 0.3) is 5.91 Å². The standard InChI is InChI=1S/C25H24FN3O2/c1-15-5-8-17(9-6-15)28-14-20-18(19-13-16(26)7-12-22(19)31-4)10-11-21-23(20)29(28)24(30)25(2,3)27-21/h5-13,27H,14H2,1-4H3. The maximum absolute atomic E-state index is 14.2. The van der Waals surface area contributed by atoms with Crippen molar-refractivity contribution in [1.29, 1.82) is 0 Å². The van der Waals surface area contributed by atoms with Crippen LogP contribution in [0.1, 0.15) is 25.0 Å². The Kier molecular flexibility index (Phi) is 4.22. The quantitative estimate of drug-likeness (QED) is 0.630. The smallest absolute Gasteiger partial charge is 0.270 e. The zero-order valence-corrected chi connectivity index (χ0v) is 18.0. The van der Waals surface area contributed by atoms with Crippen molar-refractivity contribution in [3.05, 3.63) is 71.5 Å². The molecule has 0 saturated carbocycles. The van der Waals surface area contributed by atoms with Gasteiger partial charge in [-0.3, -0.25) is 9.80 Å². The van der Waals surface area contributed by atoms with Crippen LogP contribution in [0.25, 0.3) is 11.1 Å². The van der Waals surface area contributed by atoms with Crippen LogP contribution in [-0.2, 0) is 11.3 Å². The predicted molar refractivity (Wildman–Crippen MR) is 121 cm³/mol. The summed E-state index contributed by atoms with van der Waals surface area (Å²) in [4.78, 5) is 13.5. The third-order valence-electron chi connectivity index (χ3n) is 6.00. The third kappa shape index (κ3) is 2.93. The Hall–Kier alpha value is -3.54. The molecule has 0 aliphatic carbocycles. The number of halogens is 1. The average molecular weight is 417 g/mol. The number of hydrazine groups is 1. The Morgan fingerprint density at radius 2 is 1.77 bits per heavy atom. The van der Waals surface area contributed by atoms with E-state index >= 15 is 0 Å². The van der Waals surface area contributed by atoms with E-state index in [1.54, 1.807) is 18.2 Å². The number of nitrogens with one attached hydrogen (secondary N) is 1. The molecular weight excluding hydrogens is 393 g/mol. The molecular formula is C25H24FN3O2. The minimum Gasteiger partial charge on any atom is -0.496 e. The zero-order chi connectivity index (χ0) is 21.9. The highest BCUT2D eigenvalue weighted by Crippen LogP contribution is 2.50. The summed E-state index contributed by atoms with van der Waals surface area (Å²) in [6, 6.07) is 16.5. The fourth-order valence-corrected chi connectivity index (χ4v) is 4.41. The highest BCUT2D eigenvalue weighted by atomic mass is 19.1. The SMILES string of the molecule is COc1ccc(F)cc1-c1ccc2c3c1CN(c1ccc(C)cc1)N3C(=O)C(C)(C)N2. The number of hydrogen-bond acceptors (Lipinski definition) is 4. The van der Waals surface area contributed by atoms with Crippen molar-refractivity contribution in [3.8, 4) is 16.9 Å². The van der Waals surface area contributed by atoms with Crippen molar-refractivity contribution >= 4 is 23.0 Å². The zero-order valence-electron chi connectivity index (χ0n) is 18.0. The minimum absolute atomic E-state index is 0.0392. The van der Waals surface area contributed by atoms with Gasteiger partial charge in [-0.15, -0.1) is 0 Å². The van der Waals surface area contributed by atoms with Gasteiger partial charge in [0.1, 0.15) is 17.1 Å². The van der Waals surface area contributed by atoms with Gasteiger partial charge in [0.2, 0.25) is 0 Å². The van der Waals surface area contributed by atoms with Crippen molar-refractivity contribution in [2.45, 2.75) is 32.9 Å². The summed E-state index contributed by atoms with van der Waals surface area (Å²) in [5, 5.41) is 7.13. The lowest BCUT2D eigenvalue weighted by Gasteiger charge is -2.41. The normalized spacial score (nSPS) is 16.2. The van der Waals surface area contributed by atoms with Crippen LogP contribution < -0.4 is 20.1 Å². The van der Waals surface area contributed by atoms with E-state index in [0.29, 0.717) is 17.9 Å². The summed E-state index contributed by atoms with van der Waals surface area (Å²) in [5.74, 6) is 0.220. The number of methoxy groups -OCH3 is 1. The van der Waals surface area contributed by atoms with E-state index in [-0.39, 0.29) is 11.7 Å². The highest BCUT2D eigenvalue weighted by Gasteiger charge is 2.46. The number of hydrogen-bond donors (Lipinski definition) is 1. The number of ether oxygens (including phenoxy) is 1. The molecule has 2 aliphatic heterocycles. The van der Waals surface area contributed by atoms with E-state index in [0.717, 1.165) is 33.8 Å². The molecule has 31 heavy (non-hydrogen) atoms. The largest absolute Gasteiger partial charge is 0.496 e. The lowest BCUT2D eigenvalue weighted by Crippen LogP contribution is -2.57. The fourth-order valence-electron chi connectivity index (χ4n) is 4.41. The van der Waals surface area contributed by atoms with Gasteiger partial charge in [-0.1, -0.05) is 23.8 Å². The van der Waals surface area contributed by atoms with Crippen molar-refractivity contribution in [3.63, 3.8) is 0 Å². The summed E-state index contributed by atoms with van der Waals surface area (Å²) in [5.41, 5.74) is 5.50. The number of rotatable bonds is 3. The molecule has 0 aromatic heterocycles. The van der Waals surface area contributed by atoms with E-state index in [1.165, 1.54) is 12.1 Å². The van der Waals surface area contributed by atoms with Gasteiger partial charge < -0.3 is 10.1 Å². The van der Waals surface area contributed by atoms with Crippen molar-refractivity contribution in [1.82, 2.24) is 0 Å². The molecule has 6 heteroatoms. The number of carbonyl (C=O) groups is 1. The molecule has 0 unspecified atom stereocenters. The van der Waals surface area contributed by atoms with Crippen LogP contribution in [0, 0.1) is 12.7 Å². The van der Waals surface area contributed by atoms with Gasteiger partial charge in [0.15, 0.2) is 0 Å². The van der Waals surface area contributed by atoms with Crippen LogP contribution in [-0.4, -0.2) is 18.6 Å². The molecule has 0 spiro atoms. The second-order valence-electron chi connectivity index (χ2n) is 8.59. The maximum Gasteiger partial charge on any atom is 0.270 e. The molecule has 3 aromatic carbocycles. The Bertz CT molecular complexity index is 1200. The van der Waals surface area contributed by atoms with Gasteiger partial charge in [-0.25, -0.2) is 9.40 Å². The van der Waals surface area contributed by atoms with Gasteiger partial charge in [0.05, 0.1) is 30.7 Å². The van der Waals surface area contributed by atoms with Crippen LogP contribution in [0.4, 0.5) is 21.5 Å². The van der Waals surface area contributed by atoms with E-state index in [9.17, 15) is 9.18 Å². The molecule has 0 radical (unpaired) electrons. The van der Waals surface area contributed by atoms with Crippen molar-refractivity contribution < 1.29 is 13.9 Å². The van der Waals surface area contributed by atoms with Gasteiger partial charge >= 0.3 is 0 Å². The first-order chi connectivity index (χ1) is 14.8. The number of benzene rings is 3. The monoisotopic (exact) mass is 417 g/mol. The summed E-state index contributed by atoms with van der Waals surface area (Å²) in [7, 11) is 1.58. The molecule has 5 rings (SSSR count). The number of carbonyl (C=O) groups excluding carboxylic acids is 1. The number of aryl methyl sites for hydroxylation is 1. The molecule has 1 amide bonds. The number of anilines is 3. The first-order valence-corrected chi connectivity index (χ1v) is 10.3. The molecule has 0 saturated heterocycles. The van der Waals surface area contributed by atoms with E-state index in [2.05, 4.69) is 5.32 Å². The first kappa shape index (κ1) is 19.4. The molecule has 2 aliphatic rings. The summed E-state index contributed by atoms with van der Waals surface area (Å²) in [6.45, 7) is 6.29. The average Bonchev–Trinajstić information content (AvgIpc) is 3.14. The summed E-state index contributed by atoms with van der Waals surface area (Å²) in [6.07, 6.45) is 0. The van der Waals surface area contributed by atoms with E-state index < -0.39 is 5.54 Å². The Labute approximate surface area is 181 Å². The van der Waals surface area contributed by atoms with Gasteiger partial charge in [-0.2, -0.15) is 0 Å². The van der Waals surface area contributed by atoms with Crippen LogP contribution in [0.15, 0.2) is 54.6 Å². The molecule has 0 fully saturated rings. The maximum atomic E-state index is 14.2. The molecule has 0 bridgehead atoms. The van der Waals surface area contributed by atoms with Gasteiger partial charge in [0, 0.05) is 11.1 Å². The molecule has 1 N–H and O–H groups in total. The predicted octanol–water partition coefficient (Wildman–Crippen LogP) is 5.28. The lowest BCUT2D eigenvalue weighted by atomic mass is 9.93. The van der Waals surface area contributed by atoms with E-state index in [4.69, 9.17) is 4.74 Å². The van der Waals surface area contributed by atoms with Crippen LogP contribution in [0.3, 0.4) is 0 Å². The van der Waals surface area contributed by atoms with Gasteiger partial charge in [-0.05, 0) is 62.7 Å². The fraction of sp³-hybridized carbons (Fsp3) is 0.240. The van der Waals surface area contributed by atoms with Crippen LogP contribution >= 0.6 is 0 Å². The van der Waals surface area contributed by atoms with Crippen molar-refractivity contribution in [2.75, 3.05) is 22.4 Å². The molecule has 5 nitrogen and oxygen atoms in total. The second kappa shape index (κ2) is 6.74. The lowest BCUT2D eigenvalue weighted by molar-refractivity contribution is -0.122. The first-order valence-electron chi connectivity index (χ1n) is 10.3. The number of nitrogens with zero attached hydrogens (tertiary/aromatic N) is 2. The molecule has 2 heterocycles. The van der Waals surface area contributed by atoms with E-state index in [1.807, 2.05) is 62.2 Å². The Morgan fingerprint density at radius 1 is 1.03 bits per heavy atom. The van der Waals surface area contributed by atoms with Crippen molar-refractivity contribution in [2.24, 2.45) is 0 Å². The Morgan fingerprint density at radius 3 is 2.48 bits per heavy atom. The second-order valence-corrected chi connectivity index (χ2v) is 8.59. The third-order valence-corrected chi connectivity index (χ3v) is 6.00. The van der Waals surface area contributed by atoms with Crippen LogP contribution in [0.5, 0.6) is 5.75 Å². The highest BCUT2D eigenvalue weighted by molar-refractivity contribution is 6.12. The minimum atomic E-state index is -0.754. The number of amides is 1. The topological polar surface area (TPSA) is 44.8 Å². The summed E-state index contributed by atoms with van der Waals surface area (Å²) < 4.78 is 19.7. The molecule has 158 valence electrons. The Balaban J connectivity index is 1.74.